The zero-order valence-corrected chi connectivity index (χ0v) is 15.7. The van der Waals surface area contributed by atoms with Crippen LogP contribution in [0.25, 0.3) is 0 Å². The topological polar surface area (TPSA) is 75.3 Å². The summed E-state index contributed by atoms with van der Waals surface area (Å²) < 4.78 is 23.5. The molecule has 1 unspecified atom stereocenters. The van der Waals surface area contributed by atoms with Crippen LogP contribution in [-0.2, 0) is 9.84 Å². The molecular formula is C16H17N2O3PS2. The average Bonchev–Trinajstić information content (AvgIpc) is 2.55. The Hall–Kier alpha value is -1.82. The van der Waals surface area contributed by atoms with Crippen molar-refractivity contribution in [2.24, 2.45) is 0 Å². The highest BCUT2D eigenvalue weighted by molar-refractivity contribution is 7.94. The number of carbonyl (C=O) groups excluding carboxylic acids is 1. The first-order chi connectivity index (χ1) is 11.3. The van der Waals surface area contributed by atoms with Crippen LogP contribution in [0.2, 0.25) is 0 Å². The minimum Gasteiger partial charge on any atom is -0.332 e. The number of amides is 1. The third-order valence-electron chi connectivity index (χ3n) is 3.31. The van der Waals surface area contributed by atoms with E-state index >= 15 is 0 Å². The first-order valence-electron chi connectivity index (χ1n) is 7.04. The van der Waals surface area contributed by atoms with Crippen molar-refractivity contribution >= 4 is 48.0 Å². The summed E-state index contributed by atoms with van der Waals surface area (Å²) in [6.07, 6.45) is 0. The summed E-state index contributed by atoms with van der Waals surface area (Å²) in [5, 5.41) is 5.60. The van der Waals surface area contributed by atoms with Crippen molar-refractivity contribution in [3.8, 4) is 0 Å². The molecule has 24 heavy (non-hydrogen) atoms. The van der Waals surface area contributed by atoms with Gasteiger partial charge in [-0.1, -0.05) is 18.2 Å². The van der Waals surface area contributed by atoms with Gasteiger partial charge in [0.05, 0.1) is 10.4 Å². The summed E-state index contributed by atoms with van der Waals surface area (Å²) in [5.41, 5.74) is 1.95. The third-order valence-corrected chi connectivity index (χ3v) is 6.26. The normalized spacial score (nSPS) is 10.9. The van der Waals surface area contributed by atoms with E-state index in [-0.39, 0.29) is 21.4 Å². The van der Waals surface area contributed by atoms with Crippen LogP contribution in [0.4, 0.5) is 5.69 Å². The minimum atomic E-state index is -3.27. The number of anilines is 1. The Morgan fingerprint density at radius 2 is 1.75 bits per heavy atom. The lowest BCUT2D eigenvalue weighted by Crippen LogP contribution is -2.34. The molecule has 2 N–H and O–H groups in total. The molecule has 0 spiro atoms. The Kier molecular flexibility index (Phi) is 6.04. The predicted octanol–water partition coefficient (Wildman–Crippen LogP) is 2.73. The molecule has 0 aromatic heterocycles. The Bertz CT molecular complexity index is 865. The molecule has 0 fully saturated rings. The van der Waals surface area contributed by atoms with E-state index in [9.17, 15) is 13.2 Å². The van der Waals surface area contributed by atoms with Gasteiger partial charge in [-0.15, -0.1) is 9.24 Å². The molecule has 0 aliphatic heterocycles. The van der Waals surface area contributed by atoms with Gasteiger partial charge in [0.25, 0.3) is 5.91 Å². The molecule has 2 rings (SSSR count). The Balaban J connectivity index is 2.03. The van der Waals surface area contributed by atoms with Crippen molar-refractivity contribution < 1.29 is 13.2 Å². The van der Waals surface area contributed by atoms with E-state index in [0.717, 1.165) is 5.56 Å². The minimum absolute atomic E-state index is 0.0370. The van der Waals surface area contributed by atoms with Crippen LogP contribution in [0.15, 0.2) is 53.4 Å². The number of hydrogen-bond acceptors (Lipinski definition) is 4. The van der Waals surface area contributed by atoms with Crippen LogP contribution in [0, 0.1) is 6.92 Å². The number of carbonyl (C=O) groups is 1. The highest BCUT2D eigenvalue weighted by Crippen LogP contribution is 2.16. The lowest BCUT2D eigenvalue weighted by Gasteiger charge is -2.11. The van der Waals surface area contributed by atoms with Crippen molar-refractivity contribution in [3.05, 3.63) is 59.7 Å². The maximum Gasteiger partial charge on any atom is 0.257 e. The number of thiocarbonyl (C=S) groups is 1. The summed E-state index contributed by atoms with van der Waals surface area (Å²) in [6, 6.07) is 13.4. The van der Waals surface area contributed by atoms with Gasteiger partial charge in [-0.05, 0) is 55.0 Å². The first kappa shape index (κ1) is 18.5. The molecular weight excluding hydrogens is 363 g/mol. The van der Waals surface area contributed by atoms with Gasteiger partial charge in [-0.25, -0.2) is 8.42 Å². The second kappa shape index (κ2) is 7.83. The van der Waals surface area contributed by atoms with E-state index in [2.05, 4.69) is 19.9 Å². The van der Waals surface area contributed by atoms with Gasteiger partial charge >= 0.3 is 0 Å². The van der Waals surface area contributed by atoms with Gasteiger partial charge in [-0.3, -0.25) is 10.1 Å². The number of benzene rings is 2. The van der Waals surface area contributed by atoms with Crippen LogP contribution in [-0.4, -0.2) is 24.9 Å². The summed E-state index contributed by atoms with van der Waals surface area (Å²) >= 11 is 5.12. The maximum absolute atomic E-state index is 12.2. The van der Waals surface area contributed by atoms with Gasteiger partial charge in [0.15, 0.2) is 14.9 Å². The number of aryl methyl sites for hydroxylation is 1. The summed E-state index contributed by atoms with van der Waals surface area (Å²) in [5.74, 6) is -0.298. The highest BCUT2D eigenvalue weighted by atomic mass is 32.2. The van der Waals surface area contributed by atoms with E-state index in [1.54, 1.807) is 24.3 Å². The maximum atomic E-state index is 12.2. The molecule has 0 radical (unpaired) electrons. The van der Waals surface area contributed by atoms with Crippen molar-refractivity contribution in [2.75, 3.05) is 10.8 Å². The fraction of sp³-hybridized carbons (Fsp3) is 0.125. The van der Waals surface area contributed by atoms with Gasteiger partial charge in [-0.2, -0.15) is 0 Å². The van der Waals surface area contributed by atoms with Crippen LogP contribution in [0.5, 0.6) is 0 Å². The number of hydrogen-bond donors (Lipinski definition) is 2. The summed E-state index contributed by atoms with van der Waals surface area (Å²) in [4.78, 5) is 12.4. The third kappa shape index (κ3) is 4.60. The first-order valence-corrected chi connectivity index (χ1v) is 9.92. The number of sulfone groups is 1. The largest absolute Gasteiger partial charge is 0.332 e. The molecule has 0 saturated heterocycles. The molecule has 0 saturated carbocycles. The van der Waals surface area contributed by atoms with E-state index in [4.69, 9.17) is 12.2 Å². The molecule has 5 nitrogen and oxygen atoms in total. The fourth-order valence-electron chi connectivity index (χ4n) is 2.00. The molecule has 0 aliphatic carbocycles. The Morgan fingerprint density at radius 1 is 1.12 bits per heavy atom. The SMILES string of the molecule is Cc1ccccc1C(=O)NC(=S)Nc1ccc(S(=O)(=O)CP)cc1. The zero-order chi connectivity index (χ0) is 17.7. The standard InChI is InChI=1S/C16H17N2O3PS2/c1-11-4-2-3-5-14(11)15(19)18-16(23)17-12-6-8-13(9-7-12)24(20,21)10-22/h2-9H,10,22H2,1H3,(H2,17,18,19,23). The lowest BCUT2D eigenvalue weighted by atomic mass is 10.1. The van der Waals surface area contributed by atoms with Crippen molar-refractivity contribution in [3.63, 3.8) is 0 Å². The molecule has 0 aliphatic rings. The second-order valence-electron chi connectivity index (χ2n) is 5.03. The molecule has 2 aromatic rings. The van der Waals surface area contributed by atoms with Crippen LogP contribution < -0.4 is 10.6 Å². The Labute approximate surface area is 149 Å². The van der Waals surface area contributed by atoms with Gasteiger partial charge in [0.2, 0.25) is 0 Å². The average molecular weight is 380 g/mol. The summed E-state index contributed by atoms with van der Waals surface area (Å²) in [6.45, 7) is 1.84. The van der Waals surface area contributed by atoms with Crippen LogP contribution in [0.1, 0.15) is 15.9 Å². The summed E-state index contributed by atoms with van der Waals surface area (Å²) in [7, 11) is -1.07. The zero-order valence-electron chi connectivity index (χ0n) is 12.9. The van der Waals surface area contributed by atoms with E-state index in [1.807, 2.05) is 19.1 Å². The predicted molar refractivity (Wildman–Crippen MR) is 103 cm³/mol. The van der Waals surface area contributed by atoms with E-state index in [1.165, 1.54) is 12.1 Å². The van der Waals surface area contributed by atoms with E-state index < -0.39 is 9.84 Å². The monoisotopic (exact) mass is 380 g/mol. The second-order valence-corrected chi connectivity index (χ2v) is 8.47. The molecule has 0 heterocycles. The molecule has 0 bridgehead atoms. The highest BCUT2D eigenvalue weighted by Gasteiger charge is 2.12. The molecule has 1 amide bonds. The molecule has 8 heteroatoms. The molecule has 126 valence electrons. The molecule has 1 atom stereocenters. The van der Waals surface area contributed by atoms with Gasteiger partial charge in [0, 0.05) is 11.3 Å². The van der Waals surface area contributed by atoms with E-state index in [0.29, 0.717) is 11.3 Å². The quantitative estimate of drug-likeness (QED) is 0.630. The van der Waals surface area contributed by atoms with Gasteiger partial charge < -0.3 is 5.32 Å². The lowest BCUT2D eigenvalue weighted by molar-refractivity contribution is 0.0977. The van der Waals surface area contributed by atoms with Gasteiger partial charge in [0.1, 0.15) is 0 Å². The number of rotatable bonds is 4. The smallest absolute Gasteiger partial charge is 0.257 e. The van der Waals surface area contributed by atoms with Crippen molar-refractivity contribution in [1.29, 1.82) is 0 Å². The van der Waals surface area contributed by atoms with Crippen molar-refractivity contribution in [2.45, 2.75) is 11.8 Å². The molecule has 2 aromatic carbocycles. The number of nitrogens with one attached hydrogen (secondary N) is 2. The van der Waals surface area contributed by atoms with Crippen molar-refractivity contribution in [1.82, 2.24) is 5.32 Å². The Morgan fingerprint density at radius 3 is 2.33 bits per heavy atom. The van der Waals surface area contributed by atoms with Crippen LogP contribution >= 0.6 is 21.5 Å². The fourth-order valence-corrected chi connectivity index (χ4v) is 3.53. The van der Waals surface area contributed by atoms with Crippen LogP contribution in [0.3, 0.4) is 0 Å².